The maximum Gasteiger partial charge on any atom is 0.344 e. The van der Waals surface area contributed by atoms with Gasteiger partial charge in [-0.25, -0.2) is 4.79 Å². The number of carbonyl (C=O) groups excluding carboxylic acids is 8. The van der Waals surface area contributed by atoms with Gasteiger partial charge >= 0.3 is 47.8 Å². The van der Waals surface area contributed by atoms with Crippen molar-refractivity contribution >= 4 is 47.8 Å². The number of ether oxygens (including phenoxy) is 8. The molecule has 702 valence electrons. The highest BCUT2D eigenvalue weighted by Crippen LogP contribution is 2.72. The Morgan fingerprint density at radius 2 is 0.728 bits per heavy atom. The Labute approximate surface area is 753 Å². The fourth-order valence-electron chi connectivity index (χ4n) is 36.3. The topological polar surface area (TPSA) is 210 Å². The van der Waals surface area contributed by atoms with Gasteiger partial charge in [0.2, 0.25) is 0 Å². The average molecular weight is 1740 g/mol. The van der Waals surface area contributed by atoms with E-state index in [1.54, 1.807) is 0 Å². The van der Waals surface area contributed by atoms with Gasteiger partial charge in [-0.15, -0.1) is 0 Å². The molecule has 0 spiro atoms. The van der Waals surface area contributed by atoms with E-state index in [-0.39, 0.29) is 119 Å². The predicted octanol–water partition coefficient (Wildman–Crippen LogP) is 23.3. The standard InChI is InChI=1S/2C23H36O4.C22H34O2.C21H32O4.C20H32O2/c1-5-23(12-16-6-7-18(23)8-16)27-22(25)11-21(26-15(4)24)20-10-17-9-19(20)14(3)13(17)2;1-5-23(12-16-6-7-18(23)9-16)27-21(24)8-13(2)26-22(25)20-11-17-10-19(20)15(4)14(17)3;1-4-22(7-5-6-8-22)24-21(23)18-10-14-9-17(18)20-16-11-15(19(14)20)12(2)13(16)3;1-4-21(10-14-5-6-16(21)7-14)25-19(22)11-24-20(23)18-9-15-8-17(18)13(3)12(15)2;1-4-20(11-14-5-6-17(20)7-14)22-19(21)10-16-8-15-9-18(16)13(3)12(15)2/h13-14,16-21H,5-12H2,1-4H3;13-20H,5-12H2,1-4H3;12-20H,4-11H2,1-3H3;12-18H,4-11H2,1-3H3;12-18H,4-11H2,1-3H3. The van der Waals surface area contributed by atoms with E-state index in [1.165, 1.54) is 135 Å². The summed E-state index contributed by atoms with van der Waals surface area (Å²) in [6.07, 6.45) is 42.1. The molecule has 21 rings (SSSR count). The van der Waals surface area contributed by atoms with Gasteiger partial charge in [0.1, 0.15) is 40.2 Å². The molecular formula is C109H170O16. The lowest BCUT2D eigenvalue weighted by Crippen LogP contribution is -2.42. The molecular weight excluding hydrogens is 1570 g/mol. The van der Waals surface area contributed by atoms with Crippen LogP contribution in [0.4, 0.5) is 0 Å². The largest absolute Gasteiger partial charge is 0.462 e. The van der Waals surface area contributed by atoms with Crippen molar-refractivity contribution in [2.45, 2.75) is 408 Å². The summed E-state index contributed by atoms with van der Waals surface area (Å²) in [5.74, 6) is 23.4. The Balaban J connectivity index is 0.000000111. The molecule has 20 bridgehead atoms. The van der Waals surface area contributed by atoms with Gasteiger partial charge in [0.25, 0.3) is 0 Å². The summed E-state index contributed by atoms with van der Waals surface area (Å²) in [5.41, 5.74) is -0.981. The third-order valence-corrected chi connectivity index (χ3v) is 44.0. The number of carbonyl (C=O) groups is 8. The second-order valence-corrected chi connectivity index (χ2v) is 48.7. The molecule has 43 atom stereocenters. The van der Waals surface area contributed by atoms with Crippen molar-refractivity contribution in [3.63, 3.8) is 0 Å². The van der Waals surface area contributed by atoms with Crippen molar-refractivity contribution in [3.05, 3.63) is 0 Å². The second-order valence-electron chi connectivity index (χ2n) is 48.7. The van der Waals surface area contributed by atoms with Crippen LogP contribution in [0.5, 0.6) is 0 Å². The highest BCUT2D eigenvalue weighted by Gasteiger charge is 2.68. The first kappa shape index (κ1) is 92.6. The summed E-state index contributed by atoms with van der Waals surface area (Å²) in [6, 6.07) is 0. The summed E-state index contributed by atoms with van der Waals surface area (Å²) in [6.45, 7) is 37.5. The van der Waals surface area contributed by atoms with Gasteiger partial charge in [-0.05, 0) is 439 Å². The van der Waals surface area contributed by atoms with Crippen LogP contribution in [0.2, 0.25) is 0 Å². The zero-order chi connectivity index (χ0) is 88.6. The van der Waals surface area contributed by atoms with E-state index in [0.717, 1.165) is 209 Å². The number of esters is 8. The van der Waals surface area contributed by atoms with Gasteiger partial charge in [0.05, 0.1) is 30.6 Å². The third kappa shape index (κ3) is 17.3. The molecule has 0 aromatic carbocycles. The van der Waals surface area contributed by atoms with Crippen molar-refractivity contribution in [2.75, 3.05) is 6.61 Å². The molecule has 0 aliphatic heterocycles. The van der Waals surface area contributed by atoms with Crippen molar-refractivity contribution in [2.24, 2.45) is 219 Å². The summed E-state index contributed by atoms with van der Waals surface area (Å²) in [7, 11) is 0. The molecule has 21 fully saturated rings. The fourth-order valence-corrected chi connectivity index (χ4v) is 36.3. The lowest BCUT2D eigenvalue weighted by molar-refractivity contribution is -0.177. The fraction of sp³-hybridized carbons (Fsp3) is 0.927. The molecule has 0 aromatic heterocycles. The maximum absolute atomic E-state index is 13.1. The smallest absolute Gasteiger partial charge is 0.344 e. The molecule has 0 heterocycles. The first-order valence-electron chi connectivity index (χ1n) is 53.3. The first-order chi connectivity index (χ1) is 59.6. The molecule has 0 N–H and O–H groups in total. The van der Waals surface area contributed by atoms with Gasteiger partial charge in [-0.1, -0.05) is 104 Å². The lowest BCUT2D eigenvalue weighted by atomic mass is 9.62. The highest BCUT2D eigenvalue weighted by atomic mass is 16.6. The van der Waals surface area contributed by atoms with Gasteiger partial charge in [-0.2, -0.15) is 0 Å². The quantitative estimate of drug-likeness (QED) is 0.0500. The Morgan fingerprint density at radius 1 is 0.336 bits per heavy atom. The molecule has 21 aliphatic rings. The minimum atomic E-state index is -0.399. The Bertz CT molecular complexity index is 3870. The minimum Gasteiger partial charge on any atom is -0.462 e. The molecule has 0 radical (unpaired) electrons. The molecule has 0 saturated heterocycles. The van der Waals surface area contributed by atoms with E-state index in [9.17, 15) is 38.4 Å². The van der Waals surface area contributed by atoms with Crippen molar-refractivity contribution in [1.82, 2.24) is 0 Å². The van der Waals surface area contributed by atoms with E-state index < -0.39 is 6.10 Å². The van der Waals surface area contributed by atoms with Crippen LogP contribution in [0, 0.1) is 219 Å². The van der Waals surface area contributed by atoms with Crippen LogP contribution < -0.4 is 0 Å². The lowest BCUT2D eigenvalue weighted by Gasteiger charge is -2.43. The minimum absolute atomic E-state index is 0.00775. The molecule has 21 aliphatic carbocycles. The zero-order valence-corrected chi connectivity index (χ0v) is 80.8. The van der Waals surface area contributed by atoms with Gasteiger partial charge in [0.15, 0.2) is 6.61 Å². The number of fused-ring (bicyclic) bond motifs is 25. The summed E-state index contributed by atoms with van der Waals surface area (Å²) < 4.78 is 47.2. The highest BCUT2D eigenvalue weighted by molar-refractivity contribution is 5.79. The van der Waals surface area contributed by atoms with Crippen molar-refractivity contribution < 1.29 is 76.3 Å². The van der Waals surface area contributed by atoms with E-state index >= 15 is 0 Å². The SMILES string of the molecule is CCC1(OC(=O)C2CC3CC2C2C4CC(C(C)C4C)C32)CCCC1.CCC1(OC(=O)CC(C)OC(=O)C2CC3CC2C(C)C3C)CC2CCC1C2.CCC1(OC(=O)CC(OC(C)=O)C2CC3CC2C(C)C3C)CC2CCC1C2.CCC1(OC(=O)CC2CC3CC2C(C)C3C)CC2CCC1C2.CCC1(OC(=O)COC(=O)C2CC3CC2C(C)C3C)CC2CCC1C2. The zero-order valence-electron chi connectivity index (χ0n) is 80.8. The summed E-state index contributed by atoms with van der Waals surface area (Å²) in [4.78, 5) is 100. The molecule has 0 amide bonds. The van der Waals surface area contributed by atoms with Crippen LogP contribution in [0.25, 0.3) is 0 Å². The first-order valence-corrected chi connectivity index (χ1v) is 53.3. The number of hydrogen-bond donors (Lipinski definition) is 0. The van der Waals surface area contributed by atoms with Gasteiger partial charge < -0.3 is 37.9 Å². The van der Waals surface area contributed by atoms with Crippen LogP contribution in [0.15, 0.2) is 0 Å². The van der Waals surface area contributed by atoms with Crippen LogP contribution in [-0.4, -0.2) is 94.6 Å². The Morgan fingerprint density at radius 3 is 1.14 bits per heavy atom. The second kappa shape index (κ2) is 36.6. The molecule has 16 nitrogen and oxygen atoms in total. The van der Waals surface area contributed by atoms with Gasteiger partial charge in [0, 0.05) is 13.3 Å². The summed E-state index contributed by atoms with van der Waals surface area (Å²) in [5, 5.41) is 0. The molecule has 16 heteroatoms. The monoisotopic (exact) mass is 1740 g/mol. The Hall–Kier alpha value is -4.24. The Kier molecular flexibility index (Phi) is 27.1. The van der Waals surface area contributed by atoms with E-state index in [4.69, 9.17) is 37.9 Å². The van der Waals surface area contributed by atoms with Crippen LogP contribution in [-0.2, 0) is 76.3 Å². The normalized spacial score (nSPS) is 48.8. The summed E-state index contributed by atoms with van der Waals surface area (Å²) >= 11 is 0. The predicted molar refractivity (Wildman–Crippen MR) is 480 cm³/mol. The van der Waals surface area contributed by atoms with Crippen molar-refractivity contribution in [3.8, 4) is 0 Å². The number of rotatable bonds is 24. The molecule has 125 heavy (non-hydrogen) atoms. The van der Waals surface area contributed by atoms with Crippen molar-refractivity contribution in [1.29, 1.82) is 0 Å². The van der Waals surface area contributed by atoms with E-state index in [1.807, 2.05) is 6.92 Å². The average Bonchev–Trinajstić information content (AvgIpc) is 1.53. The van der Waals surface area contributed by atoms with Crippen LogP contribution in [0.1, 0.15) is 368 Å². The van der Waals surface area contributed by atoms with Gasteiger partial charge in [-0.3, -0.25) is 33.6 Å². The molecule has 0 aromatic rings. The van der Waals surface area contributed by atoms with E-state index in [2.05, 4.69) is 104 Å². The molecule has 43 unspecified atom stereocenters. The number of hydrogen-bond acceptors (Lipinski definition) is 16. The van der Waals surface area contributed by atoms with Crippen LogP contribution >= 0.6 is 0 Å². The maximum atomic E-state index is 13.1. The van der Waals surface area contributed by atoms with E-state index in [0.29, 0.717) is 101 Å². The third-order valence-electron chi connectivity index (χ3n) is 44.0. The molecule has 21 saturated carbocycles. The van der Waals surface area contributed by atoms with Crippen LogP contribution in [0.3, 0.4) is 0 Å².